The van der Waals surface area contributed by atoms with Crippen molar-refractivity contribution < 1.29 is 4.79 Å². The van der Waals surface area contributed by atoms with Gasteiger partial charge in [-0.15, -0.1) is 0 Å². The van der Waals surface area contributed by atoms with Gasteiger partial charge in [0.2, 0.25) is 0 Å². The highest BCUT2D eigenvalue weighted by molar-refractivity contribution is 5.87. The maximum atomic E-state index is 12.4. The number of nitrogens with zero attached hydrogens (tertiary/aromatic N) is 1. The van der Waals surface area contributed by atoms with Gasteiger partial charge >= 0.3 is 0 Å². The predicted molar refractivity (Wildman–Crippen MR) is 80.0 cm³/mol. The number of Topliss-reactive ketones (excluding diaryl/α,β-unsaturated/α-hetero) is 1. The van der Waals surface area contributed by atoms with Crippen molar-refractivity contribution in [2.24, 2.45) is 0 Å². The van der Waals surface area contributed by atoms with Gasteiger partial charge in [-0.25, -0.2) is 0 Å². The lowest BCUT2D eigenvalue weighted by atomic mass is 9.87. The lowest BCUT2D eigenvalue weighted by Crippen LogP contribution is -2.51. The van der Waals surface area contributed by atoms with Crippen molar-refractivity contribution in [2.75, 3.05) is 13.1 Å². The molecule has 0 spiro atoms. The topological polar surface area (TPSA) is 20.3 Å². The zero-order valence-corrected chi connectivity index (χ0v) is 13.2. The summed E-state index contributed by atoms with van der Waals surface area (Å²) in [7, 11) is 0. The molecule has 0 aliphatic carbocycles. The van der Waals surface area contributed by atoms with E-state index < -0.39 is 0 Å². The molecule has 0 aromatic carbocycles. The van der Waals surface area contributed by atoms with Crippen LogP contribution in [-0.2, 0) is 4.79 Å². The van der Waals surface area contributed by atoms with Gasteiger partial charge < -0.3 is 0 Å². The summed E-state index contributed by atoms with van der Waals surface area (Å²) < 4.78 is 0. The number of carbonyl (C=O) groups is 1. The molecule has 0 radical (unpaired) electrons. The minimum absolute atomic E-state index is 0.242. The van der Waals surface area contributed by atoms with Gasteiger partial charge in [0.15, 0.2) is 5.78 Å². The predicted octanol–water partition coefficient (Wildman–Crippen LogP) is 4.43. The minimum Gasteiger partial charge on any atom is -0.298 e. The Morgan fingerprint density at radius 1 is 0.944 bits per heavy atom. The molecule has 0 amide bonds. The molecule has 0 aliphatic rings. The van der Waals surface area contributed by atoms with E-state index in [2.05, 4.69) is 39.5 Å². The second kappa shape index (κ2) is 9.55. The van der Waals surface area contributed by atoms with E-state index in [1.165, 1.54) is 25.7 Å². The maximum absolute atomic E-state index is 12.4. The molecule has 2 heteroatoms. The van der Waals surface area contributed by atoms with Crippen LogP contribution in [0.2, 0.25) is 0 Å². The number of hydrogen-bond donors (Lipinski definition) is 0. The van der Waals surface area contributed by atoms with Crippen LogP contribution in [0.4, 0.5) is 0 Å². The minimum atomic E-state index is -0.242. The third kappa shape index (κ3) is 5.09. The van der Waals surface area contributed by atoms with Gasteiger partial charge in [-0.1, -0.05) is 53.4 Å². The Morgan fingerprint density at radius 2 is 1.50 bits per heavy atom. The van der Waals surface area contributed by atoms with E-state index in [-0.39, 0.29) is 5.54 Å². The lowest BCUT2D eigenvalue weighted by molar-refractivity contribution is -0.130. The van der Waals surface area contributed by atoms with Crippen molar-refractivity contribution >= 4 is 5.78 Å². The Bertz CT molecular complexity index is 223. The summed E-state index contributed by atoms with van der Waals surface area (Å²) in [4.78, 5) is 14.8. The molecule has 0 rings (SSSR count). The number of unbranched alkanes of at least 4 members (excludes halogenated alkanes) is 4. The summed E-state index contributed by atoms with van der Waals surface area (Å²) in [5.41, 5.74) is -0.242. The van der Waals surface area contributed by atoms with Crippen molar-refractivity contribution in [2.45, 2.75) is 85.1 Å². The number of rotatable bonds is 11. The fourth-order valence-electron chi connectivity index (χ4n) is 2.68. The van der Waals surface area contributed by atoms with Crippen molar-refractivity contribution in [3.05, 3.63) is 0 Å². The van der Waals surface area contributed by atoms with Gasteiger partial charge in [-0.2, -0.15) is 0 Å². The number of hydrogen-bond acceptors (Lipinski definition) is 2. The molecule has 0 aromatic rings. The largest absolute Gasteiger partial charge is 0.298 e. The summed E-state index contributed by atoms with van der Waals surface area (Å²) in [6.45, 7) is 12.7. The molecule has 0 fully saturated rings. The molecule has 1 unspecified atom stereocenters. The molecule has 108 valence electrons. The first-order valence-corrected chi connectivity index (χ1v) is 7.85. The zero-order valence-electron chi connectivity index (χ0n) is 13.2. The second-order valence-electron chi connectivity index (χ2n) is 5.39. The van der Waals surface area contributed by atoms with Gasteiger partial charge in [-0.05, 0) is 32.9 Å². The summed E-state index contributed by atoms with van der Waals surface area (Å²) in [6.07, 6.45) is 7.79. The van der Waals surface area contributed by atoms with E-state index >= 15 is 0 Å². The van der Waals surface area contributed by atoms with Crippen molar-refractivity contribution in [1.29, 1.82) is 0 Å². The third-order valence-electron chi connectivity index (χ3n) is 4.26. The average molecular weight is 255 g/mol. The Hall–Kier alpha value is -0.370. The standard InChI is InChI=1S/C16H33NO/c1-6-10-11-12-13-14-15(18)16(5,7-2)17(8-3)9-4/h6-14H2,1-5H3. The van der Waals surface area contributed by atoms with Gasteiger partial charge in [0.05, 0.1) is 5.54 Å². The number of likely N-dealkylation sites (N-methyl/N-ethyl adjacent to an activating group) is 1. The highest BCUT2D eigenvalue weighted by Gasteiger charge is 2.34. The molecular formula is C16H33NO. The molecule has 0 bridgehead atoms. The van der Waals surface area contributed by atoms with Crippen LogP contribution < -0.4 is 0 Å². The van der Waals surface area contributed by atoms with Crippen molar-refractivity contribution in [3.8, 4) is 0 Å². The first kappa shape index (κ1) is 17.6. The summed E-state index contributed by atoms with van der Waals surface area (Å²) in [6, 6.07) is 0. The number of ketones is 1. The van der Waals surface area contributed by atoms with Crippen LogP contribution in [-0.4, -0.2) is 29.3 Å². The zero-order chi connectivity index (χ0) is 14.0. The van der Waals surface area contributed by atoms with Crippen LogP contribution in [0.1, 0.15) is 79.6 Å². The van der Waals surface area contributed by atoms with Crippen LogP contribution in [0.5, 0.6) is 0 Å². The summed E-state index contributed by atoms with van der Waals surface area (Å²) >= 11 is 0. The fraction of sp³-hybridized carbons (Fsp3) is 0.938. The molecule has 0 N–H and O–H groups in total. The van der Waals surface area contributed by atoms with E-state index in [0.29, 0.717) is 5.78 Å². The quantitative estimate of drug-likeness (QED) is 0.509. The highest BCUT2D eigenvalue weighted by Crippen LogP contribution is 2.23. The highest BCUT2D eigenvalue weighted by atomic mass is 16.1. The molecular weight excluding hydrogens is 222 g/mol. The first-order chi connectivity index (χ1) is 8.56. The third-order valence-corrected chi connectivity index (χ3v) is 4.26. The molecule has 0 saturated heterocycles. The Kier molecular flexibility index (Phi) is 9.35. The van der Waals surface area contributed by atoms with E-state index in [1.54, 1.807) is 0 Å². The van der Waals surface area contributed by atoms with Crippen molar-refractivity contribution in [3.63, 3.8) is 0 Å². The van der Waals surface area contributed by atoms with Crippen LogP contribution in [0.3, 0.4) is 0 Å². The molecule has 0 saturated carbocycles. The van der Waals surface area contributed by atoms with Gasteiger partial charge in [0, 0.05) is 6.42 Å². The van der Waals surface area contributed by atoms with Crippen molar-refractivity contribution in [1.82, 2.24) is 4.90 Å². The van der Waals surface area contributed by atoms with E-state index in [1.807, 2.05) is 0 Å². The molecule has 0 heterocycles. The molecule has 2 nitrogen and oxygen atoms in total. The van der Waals surface area contributed by atoms with Crippen LogP contribution in [0.15, 0.2) is 0 Å². The number of carbonyl (C=O) groups excluding carboxylic acids is 1. The van der Waals surface area contributed by atoms with Crippen LogP contribution >= 0.6 is 0 Å². The molecule has 18 heavy (non-hydrogen) atoms. The maximum Gasteiger partial charge on any atom is 0.152 e. The van der Waals surface area contributed by atoms with Gasteiger partial charge in [0.1, 0.15) is 0 Å². The van der Waals surface area contributed by atoms with E-state index in [4.69, 9.17) is 0 Å². The molecule has 0 aromatic heterocycles. The Morgan fingerprint density at radius 3 is 1.94 bits per heavy atom. The van der Waals surface area contributed by atoms with Gasteiger partial charge in [0.25, 0.3) is 0 Å². The second-order valence-corrected chi connectivity index (χ2v) is 5.39. The van der Waals surface area contributed by atoms with Gasteiger partial charge in [-0.3, -0.25) is 9.69 Å². The smallest absolute Gasteiger partial charge is 0.152 e. The SMILES string of the molecule is CCCCCCCC(=O)C(C)(CC)N(CC)CC. The van der Waals surface area contributed by atoms with Crippen LogP contribution in [0.25, 0.3) is 0 Å². The lowest BCUT2D eigenvalue weighted by Gasteiger charge is -2.38. The fourth-order valence-corrected chi connectivity index (χ4v) is 2.68. The van der Waals surface area contributed by atoms with Crippen LogP contribution in [0, 0.1) is 0 Å². The summed E-state index contributed by atoms with van der Waals surface area (Å²) in [5, 5.41) is 0. The first-order valence-electron chi connectivity index (χ1n) is 7.85. The Labute approximate surface area is 114 Å². The molecule has 1 atom stereocenters. The monoisotopic (exact) mass is 255 g/mol. The van der Waals surface area contributed by atoms with E-state index in [0.717, 1.165) is 32.4 Å². The Balaban J connectivity index is 4.25. The normalized spacial score (nSPS) is 14.8. The summed E-state index contributed by atoms with van der Waals surface area (Å²) in [5.74, 6) is 0.435. The van der Waals surface area contributed by atoms with E-state index in [9.17, 15) is 4.79 Å². The molecule has 0 aliphatic heterocycles. The average Bonchev–Trinajstić information content (AvgIpc) is 2.39.